The molecule has 0 saturated carbocycles. The molecule has 10 heteroatoms. The van der Waals surface area contributed by atoms with Gasteiger partial charge in [-0.3, -0.25) is 9.59 Å². The first-order valence-electron chi connectivity index (χ1n) is 8.90. The summed E-state index contributed by atoms with van der Waals surface area (Å²) in [5.74, 6) is -1.75. The molecule has 3 N–H and O–H groups in total. The average Bonchev–Trinajstić information content (AvgIpc) is 2.63. The molecule has 0 radical (unpaired) electrons. The van der Waals surface area contributed by atoms with Crippen LogP contribution in [-0.2, 0) is 24.3 Å². The van der Waals surface area contributed by atoms with E-state index in [1.807, 2.05) is 6.92 Å². The van der Waals surface area contributed by atoms with Crippen molar-refractivity contribution in [1.29, 1.82) is 0 Å². The fourth-order valence-electron chi connectivity index (χ4n) is 2.00. The summed E-state index contributed by atoms with van der Waals surface area (Å²) in [5, 5.41) is 4.94. The van der Waals surface area contributed by atoms with Gasteiger partial charge in [-0.15, -0.1) is 0 Å². The standard InChI is InChI=1S/C18H27N3O6S/c1-5-13(4)21-28(25,26)15-8-6-14(7-9-15)18(24)27-11-17(23)19-10-16(22)20-12(2)3/h6-9,12-13,21H,5,10-11H2,1-4H3,(H,19,23)(H,20,22)/t13-/m1/s1. The van der Waals surface area contributed by atoms with E-state index in [1.54, 1.807) is 20.8 Å². The highest BCUT2D eigenvalue weighted by molar-refractivity contribution is 7.89. The Morgan fingerprint density at radius 1 is 1.04 bits per heavy atom. The second-order valence-corrected chi connectivity index (χ2v) is 8.24. The fraction of sp³-hybridized carbons (Fsp3) is 0.500. The third kappa shape index (κ3) is 8.05. The molecule has 0 aliphatic rings. The number of carbonyl (C=O) groups excluding carboxylic acids is 3. The topological polar surface area (TPSA) is 131 Å². The van der Waals surface area contributed by atoms with Crippen LogP contribution in [-0.4, -0.2) is 51.4 Å². The van der Waals surface area contributed by atoms with E-state index in [1.165, 1.54) is 24.3 Å². The minimum Gasteiger partial charge on any atom is -0.452 e. The highest BCUT2D eigenvalue weighted by Gasteiger charge is 2.18. The average molecular weight is 413 g/mol. The predicted molar refractivity (Wildman–Crippen MR) is 103 cm³/mol. The van der Waals surface area contributed by atoms with Crippen LogP contribution in [0.2, 0.25) is 0 Å². The second-order valence-electron chi connectivity index (χ2n) is 6.53. The third-order valence-corrected chi connectivity index (χ3v) is 5.20. The van der Waals surface area contributed by atoms with Gasteiger partial charge in [0, 0.05) is 12.1 Å². The SMILES string of the molecule is CC[C@@H](C)NS(=O)(=O)c1ccc(C(=O)OCC(=O)NCC(=O)NC(C)C)cc1. The zero-order valence-corrected chi connectivity index (χ0v) is 17.3. The molecule has 9 nitrogen and oxygen atoms in total. The van der Waals surface area contributed by atoms with Crippen LogP contribution < -0.4 is 15.4 Å². The van der Waals surface area contributed by atoms with Gasteiger partial charge in [-0.2, -0.15) is 0 Å². The Kier molecular flexibility index (Phi) is 9.07. The van der Waals surface area contributed by atoms with Gasteiger partial charge in [0.1, 0.15) is 0 Å². The normalized spacial score (nSPS) is 12.3. The lowest BCUT2D eigenvalue weighted by Gasteiger charge is -2.12. The van der Waals surface area contributed by atoms with Gasteiger partial charge in [0.2, 0.25) is 15.9 Å². The van der Waals surface area contributed by atoms with E-state index in [4.69, 9.17) is 4.74 Å². The summed E-state index contributed by atoms with van der Waals surface area (Å²) in [6.45, 7) is 6.42. The molecule has 1 atom stereocenters. The molecule has 0 aliphatic carbocycles. The largest absolute Gasteiger partial charge is 0.452 e. The zero-order chi connectivity index (χ0) is 21.3. The van der Waals surface area contributed by atoms with E-state index in [-0.39, 0.29) is 35.0 Å². The van der Waals surface area contributed by atoms with Crippen molar-refractivity contribution in [2.45, 2.75) is 51.1 Å². The monoisotopic (exact) mass is 413 g/mol. The summed E-state index contributed by atoms with van der Waals surface area (Å²) >= 11 is 0. The van der Waals surface area contributed by atoms with E-state index in [0.717, 1.165) is 0 Å². The molecule has 156 valence electrons. The number of esters is 1. The van der Waals surface area contributed by atoms with E-state index in [0.29, 0.717) is 6.42 Å². The number of nitrogens with one attached hydrogen (secondary N) is 3. The Morgan fingerprint density at radius 2 is 1.64 bits per heavy atom. The molecular weight excluding hydrogens is 386 g/mol. The van der Waals surface area contributed by atoms with Gasteiger partial charge < -0.3 is 15.4 Å². The molecule has 1 rings (SSSR count). The molecule has 0 bridgehead atoms. The molecule has 28 heavy (non-hydrogen) atoms. The first-order chi connectivity index (χ1) is 13.0. The van der Waals surface area contributed by atoms with Crippen molar-refractivity contribution in [1.82, 2.24) is 15.4 Å². The molecule has 0 aromatic heterocycles. The fourth-order valence-corrected chi connectivity index (χ4v) is 3.33. The number of ether oxygens (including phenoxy) is 1. The van der Waals surface area contributed by atoms with Gasteiger partial charge in [-0.1, -0.05) is 6.92 Å². The highest BCUT2D eigenvalue weighted by Crippen LogP contribution is 2.12. The molecular formula is C18H27N3O6S. The van der Waals surface area contributed by atoms with Crippen molar-refractivity contribution < 1.29 is 27.5 Å². The first kappa shape index (κ1) is 23.6. The maximum absolute atomic E-state index is 12.2. The summed E-state index contributed by atoms with van der Waals surface area (Å²) in [6.07, 6.45) is 0.644. The van der Waals surface area contributed by atoms with Crippen molar-refractivity contribution >= 4 is 27.8 Å². The van der Waals surface area contributed by atoms with E-state index in [9.17, 15) is 22.8 Å². The van der Waals surface area contributed by atoms with Crippen LogP contribution in [0.5, 0.6) is 0 Å². The minimum absolute atomic E-state index is 0.0262. The van der Waals surface area contributed by atoms with Gasteiger partial charge in [0.05, 0.1) is 17.0 Å². The van der Waals surface area contributed by atoms with Gasteiger partial charge >= 0.3 is 5.97 Å². The van der Waals surface area contributed by atoms with E-state index < -0.39 is 28.5 Å². The number of rotatable bonds is 10. The number of sulfonamides is 1. The van der Waals surface area contributed by atoms with Crippen molar-refractivity contribution in [2.24, 2.45) is 0 Å². The number of carbonyl (C=O) groups is 3. The Hall–Kier alpha value is -2.46. The number of benzene rings is 1. The van der Waals surface area contributed by atoms with Crippen molar-refractivity contribution in [3.63, 3.8) is 0 Å². The van der Waals surface area contributed by atoms with Crippen molar-refractivity contribution in [3.05, 3.63) is 29.8 Å². The molecule has 1 aromatic carbocycles. The maximum atomic E-state index is 12.2. The molecule has 0 aliphatic heterocycles. The van der Waals surface area contributed by atoms with Gasteiger partial charge in [0.25, 0.3) is 5.91 Å². The van der Waals surface area contributed by atoms with Gasteiger partial charge in [-0.05, 0) is 51.5 Å². The van der Waals surface area contributed by atoms with Crippen molar-refractivity contribution in [3.8, 4) is 0 Å². The first-order valence-corrected chi connectivity index (χ1v) is 10.4. The Bertz CT molecular complexity index is 790. The molecule has 0 unspecified atom stereocenters. The van der Waals surface area contributed by atoms with Crippen LogP contribution in [0.1, 0.15) is 44.5 Å². The molecule has 0 spiro atoms. The summed E-state index contributed by atoms with van der Waals surface area (Å²) in [6, 6.07) is 4.93. The predicted octanol–water partition coefficient (Wildman–Crippen LogP) is 0.561. The van der Waals surface area contributed by atoms with Gasteiger partial charge in [-0.25, -0.2) is 17.9 Å². The minimum atomic E-state index is -3.67. The van der Waals surface area contributed by atoms with Crippen LogP contribution >= 0.6 is 0 Å². The summed E-state index contributed by atoms with van der Waals surface area (Å²) < 4.78 is 31.7. The quantitative estimate of drug-likeness (QED) is 0.481. The molecule has 1 aromatic rings. The lowest BCUT2D eigenvalue weighted by Crippen LogP contribution is -2.41. The van der Waals surface area contributed by atoms with Crippen LogP contribution in [0.15, 0.2) is 29.2 Å². The Balaban J connectivity index is 2.55. The number of hydrogen-bond donors (Lipinski definition) is 3. The van der Waals surface area contributed by atoms with Crippen LogP contribution in [0, 0.1) is 0 Å². The van der Waals surface area contributed by atoms with Crippen LogP contribution in [0.25, 0.3) is 0 Å². The van der Waals surface area contributed by atoms with E-state index >= 15 is 0 Å². The summed E-state index contributed by atoms with van der Waals surface area (Å²) in [4.78, 5) is 35.1. The maximum Gasteiger partial charge on any atom is 0.338 e. The Labute approximate surface area is 165 Å². The lowest BCUT2D eigenvalue weighted by molar-refractivity contribution is -0.128. The molecule has 0 fully saturated rings. The lowest BCUT2D eigenvalue weighted by atomic mass is 10.2. The van der Waals surface area contributed by atoms with Crippen molar-refractivity contribution in [2.75, 3.05) is 13.2 Å². The highest BCUT2D eigenvalue weighted by atomic mass is 32.2. The molecule has 2 amide bonds. The summed E-state index contributed by atoms with van der Waals surface area (Å²) in [5.41, 5.74) is 0.104. The van der Waals surface area contributed by atoms with E-state index in [2.05, 4.69) is 15.4 Å². The van der Waals surface area contributed by atoms with Crippen LogP contribution in [0.3, 0.4) is 0 Å². The zero-order valence-electron chi connectivity index (χ0n) is 16.4. The third-order valence-electron chi connectivity index (χ3n) is 3.60. The number of amides is 2. The molecule has 0 heterocycles. The Morgan fingerprint density at radius 3 is 2.18 bits per heavy atom. The van der Waals surface area contributed by atoms with Crippen LogP contribution in [0.4, 0.5) is 0 Å². The number of hydrogen-bond acceptors (Lipinski definition) is 6. The molecule has 0 saturated heterocycles. The van der Waals surface area contributed by atoms with Gasteiger partial charge in [0.15, 0.2) is 6.61 Å². The second kappa shape index (κ2) is 10.8. The smallest absolute Gasteiger partial charge is 0.338 e. The summed E-state index contributed by atoms with van der Waals surface area (Å²) in [7, 11) is -3.67.